The van der Waals surface area contributed by atoms with Gasteiger partial charge in [-0.3, -0.25) is 9.59 Å². The summed E-state index contributed by atoms with van der Waals surface area (Å²) >= 11 is 1.66. The smallest absolute Gasteiger partial charge is 0.254 e. The molecule has 3 aromatic rings. The average Bonchev–Trinajstić information content (AvgIpc) is 3.32. The van der Waals surface area contributed by atoms with Crippen LogP contribution in [0.3, 0.4) is 0 Å². The van der Waals surface area contributed by atoms with E-state index in [4.69, 9.17) is 0 Å². The fourth-order valence-electron chi connectivity index (χ4n) is 3.17. The molecule has 0 fully saturated rings. The van der Waals surface area contributed by atoms with Gasteiger partial charge in [0.05, 0.1) is 30.2 Å². The Labute approximate surface area is 168 Å². The number of aromatic nitrogens is 3. The molecule has 8 heteroatoms. The molecule has 0 bridgehead atoms. The maximum Gasteiger partial charge on any atom is 0.254 e. The molecule has 3 aromatic heterocycles. The Morgan fingerprint density at radius 3 is 2.64 bits per heavy atom. The van der Waals surface area contributed by atoms with Crippen LogP contribution in [0.1, 0.15) is 34.8 Å². The highest BCUT2D eigenvalue weighted by atomic mass is 32.1. The first kappa shape index (κ1) is 20.0. The van der Waals surface area contributed by atoms with Gasteiger partial charge in [0.2, 0.25) is 5.91 Å². The average molecular weight is 400 g/mol. The van der Waals surface area contributed by atoms with Crippen LogP contribution in [0.2, 0.25) is 0 Å². The quantitative estimate of drug-likeness (QED) is 0.612. The van der Waals surface area contributed by atoms with Gasteiger partial charge in [0.25, 0.3) is 5.91 Å². The monoisotopic (exact) mass is 399 g/mol. The highest BCUT2D eigenvalue weighted by Crippen LogP contribution is 2.21. The van der Waals surface area contributed by atoms with Crippen LogP contribution in [0, 0.1) is 6.92 Å². The molecule has 0 aliphatic carbocycles. The molecule has 0 saturated carbocycles. The number of thiophene rings is 1. The summed E-state index contributed by atoms with van der Waals surface area (Å²) in [6, 6.07) is 5.81. The number of hydrogen-bond donors (Lipinski definition) is 0. The number of pyridine rings is 1. The second-order valence-electron chi connectivity index (χ2n) is 6.66. The van der Waals surface area contributed by atoms with Gasteiger partial charge in [-0.15, -0.1) is 11.3 Å². The third kappa shape index (κ3) is 4.06. The standard InChI is InChI=1S/C20H25N5O2S/c1-5-24(6-2)18(26)13-23(4)20(27)16-10-14(3)22-19-17(16)11-21-25(19)12-15-8-7-9-28-15/h7-11H,5-6,12-13H2,1-4H3. The van der Waals surface area contributed by atoms with E-state index in [0.717, 1.165) is 5.69 Å². The zero-order valence-corrected chi connectivity index (χ0v) is 17.5. The van der Waals surface area contributed by atoms with Crippen molar-refractivity contribution in [2.75, 3.05) is 26.7 Å². The topological polar surface area (TPSA) is 71.3 Å². The number of carbonyl (C=O) groups excluding carboxylic acids is 2. The molecule has 28 heavy (non-hydrogen) atoms. The molecule has 0 atom stereocenters. The fraction of sp³-hybridized carbons (Fsp3) is 0.400. The third-order valence-electron chi connectivity index (χ3n) is 4.69. The summed E-state index contributed by atoms with van der Waals surface area (Å²) in [6.45, 7) is 7.65. The summed E-state index contributed by atoms with van der Waals surface area (Å²) in [5, 5.41) is 7.17. The van der Waals surface area contributed by atoms with Crippen molar-refractivity contribution in [3.05, 3.63) is 45.9 Å². The van der Waals surface area contributed by atoms with Crippen molar-refractivity contribution >= 4 is 34.2 Å². The van der Waals surface area contributed by atoms with Gasteiger partial charge in [-0.05, 0) is 38.3 Å². The number of carbonyl (C=O) groups is 2. The molecular formula is C20H25N5O2S. The van der Waals surface area contributed by atoms with Gasteiger partial charge >= 0.3 is 0 Å². The Morgan fingerprint density at radius 1 is 1.25 bits per heavy atom. The Hall–Kier alpha value is -2.74. The van der Waals surface area contributed by atoms with Crippen LogP contribution < -0.4 is 0 Å². The van der Waals surface area contributed by atoms with E-state index < -0.39 is 0 Å². The Bertz CT molecular complexity index is 976. The van der Waals surface area contributed by atoms with Crippen LogP contribution >= 0.6 is 11.3 Å². The normalized spacial score (nSPS) is 11.0. The van der Waals surface area contributed by atoms with Gasteiger partial charge in [0.1, 0.15) is 0 Å². The van der Waals surface area contributed by atoms with Crippen LogP contribution in [0.4, 0.5) is 0 Å². The first-order valence-corrected chi connectivity index (χ1v) is 10.2. The molecule has 0 radical (unpaired) electrons. The molecule has 0 aliphatic rings. The van der Waals surface area contributed by atoms with E-state index in [1.54, 1.807) is 35.5 Å². The summed E-state index contributed by atoms with van der Waals surface area (Å²) in [7, 11) is 1.65. The number of amides is 2. The van der Waals surface area contributed by atoms with Gasteiger partial charge in [0, 0.05) is 30.7 Å². The van der Waals surface area contributed by atoms with Crippen molar-refractivity contribution in [1.82, 2.24) is 24.6 Å². The van der Waals surface area contributed by atoms with Crippen molar-refractivity contribution in [2.24, 2.45) is 0 Å². The second-order valence-corrected chi connectivity index (χ2v) is 7.69. The van der Waals surface area contributed by atoms with Crippen molar-refractivity contribution in [3.63, 3.8) is 0 Å². The molecule has 0 saturated heterocycles. The number of hydrogen-bond acceptors (Lipinski definition) is 5. The zero-order chi connectivity index (χ0) is 20.3. The minimum atomic E-state index is -0.202. The molecular weight excluding hydrogens is 374 g/mol. The minimum Gasteiger partial charge on any atom is -0.342 e. The fourth-order valence-corrected chi connectivity index (χ4v) is 3.86. The van der Waals surface area contributed by atoms with Gasteiger partial charge in [-0.25, -0.2) is 9.67 Å². The lowest BCUT2D eigenvalue weighted by atomic mass is 10.1. The van der Waals surface area contributed by atoms with Gasteiger partial charge in [-0.2, -0.15) is 5.10 Å². The number of likely N-dealkylation sites (N-methyl/N-ethyl adjacent to an activating group) is 2. The molecule has 148 valence electrons. The molecule has 0 aliphatic heterocycles. The van der Waals surface area contributed by atoms with E-state index in [1.807, 2.05) is 43.0 Å². The van der Waals surface area contributed by atoms with Crippen LogP contribution in [0.15, 0.2) is 29.8 Å². The SMILES string of the molecule is CCN(CC)C(=O)CN(C)C(=O)c1cc(C)nc2c1cnn2Cc1cccs1. The maximum atomic E-state index is 13.1. The van der Waals surface area contributed by atoms with E-state index in [1.165, 1.54) is 9.78 Å². The summed E-state index contributed by atoms with van der Waals surface area (Å²) in [5.41, 5.74) is 1.95. The number of fused-ring (bicyclic) bond motifs is 1. The lowest BCUT2D eigenvalue weighted by Gasteiger charge is -2.23. The molecule has 3 rings (SSSR count). The first-order chi connectivity index (χ1) is 13.4. The largest absolute Gasteiger partial charge is 0.342 e. The van der Waals surface area contributed by atoms with Crippen LogP contribution in [-0.4, -0.2) is 63.1 Å². The highest BCUT2D eigenvalue weighted by molar-refractivity contribution is 7.09. The molecule has 0 N–H and O–H groups in total. The van der Waals surface area contributed by atoms with E-state index in [2.05, 4.69) is 10.1 Å². The summed E-state index contributed by atoms with van der Waals surface area (Å²) < 4.78 is 1.81. The number of aryl methyl sites for hydroxylation is 1. The first-order valence-electron chi connectivity index (χ1n) is 9.33. The molecule has 2 amide bonds. The van der Waals surface area contributed by atoms with Crippen molar-refractivity contribution in [3.8, 4) is 0 Å². The predicted molar refractivity (Wildman–Crippen MR) is 111 cm³/mol. The van der Waals surface area contributed by atoms with E-state index in [9.17, 15) is 9.59 Å². The van der Waals surface area contributed by atoms with E-state index >= 15 is 0 Å². The Morgan fingerprint density at radius 2 is 2.00 bits per heavy atom. The van der Waals surface area contributed by atoms with Gasteiger partial charge in [0.15, 0.2) is 5.65 Å². The molecule has 0 unspecified atom stereocenters. The summed E-state index contributed by atoms with van der Waals surface area (Å²) in [4.78, 5) is 34.4. The van der Waals surface area contributed by atoms with Gasteiger partial charge < -0.3 is 9.80 Å². The molecule has 0 aromatic carbocycles. The highest BCUT2D eigenvalue weighted by Gasteiger charge is 2.22. The lowest BCUT2D eigenvalue weighted by molar-refractivity contribution is -0.131. The van der Waals surface area contributed by atoms with Gasteiger partial charge in [-0.1, -0.05) is 6.07 Å². The Kier molecular flexibility index (Phi) is 6.08. The lowest BCUT2D eigenvalue weighted by Crippen LogP contribution is -2.41. The molecule has 3 heterocycles. The minimum absolute atomic E-state index is 0.0483. The second kappa shape index (κ2) is 8.52. The summed E-state index contributed by atoms with van der Waals surface area (Å²) in [5.74, 6) is -0.261. The maximum absolute atomic E-state index is 13.1. The number of nitrogens with zero attached hydrogens (tertiary/aromatic N) is 5. The van der Waals surface area contributed by atoms with Crippen LogP contribution in [-0.2, 0) is 11.3 Å². The third-order valence-corrected chi connectivity index (χ3v) is 5.55. The van der Waals surface area contributed by atoms with Crippen LogP contribution in [0.5, 0.6) is 0 Å². The zero-order valence-electron chi connectivity index (χ0n) is 16.7. The van der Waals surface area contributed by atoms with Crippen LogP contribution in [0.25, 0.3) is 11.0 Å². The van der Waals surface area contributed by atoms with Crippen molar-refractivity contribution in [2.45, 2.75) is 27.3 Å². The van der Waals surface area contributed by atoms with E-state index in [-0.39, 0.29) is 18.4 Å². The van der Waals surface area contributed by atoms with E-state index in [0.29, 0.717) is 36.2 Å². The molecule has 7 nitrogen and oxygen atoms in total. The molecule has 0 spiro atoms. The Balaban J connectivity index is 1.88. The number of rotatable bonds is 7. The summed E-state index contributed by atoms with van der Waals surface area (Å²) in [6.07, 6.45) is 1.68. The van der Waals surface area contributed by atoms with Crippen molar-refractivity contribution < 1.29 is 9.59 Å². The van der Waals surface area contributed by atoms with Crippen molar-refractivity contribution in [1.29, 1.82) is 0 Å². The predicted octanol–water partition coefficient (Wildman–Crippen LogP) is 2.79.